The van der Waals surface area contributed by atoms with Gasteiger partial charge in [-0.2, -0.15) is 0 Å². The van der Waals surface area contributed by atoms with Crippen molar-refractivity contribution in [2.75, 3.05) is 5.32 Å². The molecule has 0 heterocycles. The van der Waals surface area contributed by atoms with Gasteiger partial charge in [0.05, 0.1) is 15.5 Å². The van der Waals surface area contributed by atoms with Crippen molar-refractivity contribution in [1.29, 1.82) is 0 Å². The Balaban J connectivity index is 3.15. The normalized spacial score (nSPS) is 13.2. The molecule has 0 aromatic heterocycles. The van der Waals surface area contributed by atoms with Gasteiger partial charge in [0.2, 0.25) is 0 Å². The summed E-state index contributed by atoms with van der Waals surface area (Å²) in [6, 6.07) is 2.32. The number of nitrogens with one attached hydrogen (secondary N) is 1. The smallest absolute Gasteiger partial charge is 0.295 e. The monoisotopic (exact) mass is 318 g/mol. The SMILES string of the molecule is CC(Nc1cc(Br)c(F)cc1[N+](=O)[O-])C(C)(C)C. The van der Waals surface area contributed by atoms with E-state index in [1.165, 1.54) is 6.07 Å². The highest BCUT2D eigenvalue weighted by molar-refractivity contribution is 9.10. The number of halogens is 2. The predicted octanol–water partition coefficient (Wildman–Crippen LogP) is 4.34. The number of hydrogen-bond acceptors (Lipinski definition) is 3. The van der Waals surface area contributed by atoms with Gasteiger partial charge in [-0.25, -0.2) is 4.39 Å². The Morgan fingerprint density at radius 1 is 1.44 bits per heavy atom. The molecular formula is C12H16BrFN2O2. The molecule has 6 heteroatoms. The van der Waals surface area contributed by atoms with Crippen LogP contribution in [0.4, 0.5) is 15.8 Å². The van der Waals surface area contributed by atoms with Crippen LogP contribution in [0.15, 0.2) is 16.6 Å². The Labute approximate surface area is 114 Å². The van der Waals surface area contributed by atoms with Gasteiger partial charge < -0.3 is 5.32 Å². The van der Waals surface area contributed by atoms with E-state index in [-0.39, 0.29) is 21.6 Å². The molecule has 1 atom stereocenters. The van der Waals surface area contributed by atoms with Crippen LogP contribution in [0.1, 0.15) is 27.7 Å². The fourth-order valence-electron chi connectivity index (χ4n) is 1.25. The van der Waals surface area contributed by atoms with Gasteiger partial charge >= 0.3 is 0 Å². The molecule has 1 aromatic carbocycles. The maximum Gasteiger partial charge on any atom is 0.295 e. The minimum atomic E-state index is -0.643. The summed E-state index contributed by atoms with van der Waals surface area (Å²) in [5.74, 6) is -0.643. The highest BCUT2D eigenvalue weighted by Crippen LogP contribution is 2.33. The van der Waals surface area contributed by atoms with Crippen molar-refractivity contribution in [3.63, 3.8) is 0 Å². The summed E-state index contributed by atoms with van der Waals surface area (Å²) in [6.07, 6.45) is 0. The molecule has 4 nitrogen and oxygen atoms in total. The second-order valence-corrected chi connectivity index (χ2v) is 6.13. The number of nitrogens with zero attached hydrogens (tertiary/aromatic N) is 1. The Kier molecular flexibility index (Phi) is 4.32. The lowest BCUT2D eigenvalue weighted by atomic mass is 9.88. The number of nitro groups is 1. The van der Waals surface area contributed by atoms with E-state index in [0.29, 0.717) is 5.69 Å². The fourth-order valence-corrected chi connectivity index (χ4v) is 1.60. The Hall–Kier alpha value is -1.17. The molecule has 1 unspecified atom stereocenters. The molecule has 1 aromatic rings. The van der Waals surface area contributed by atoms with Gasteiger partial charge in [-0.05, 0) is 34.3 Å². The second kappa shape index (κ2) is 5.22. The van der Waals surface area contributed by atoms with Crippen molar-refractivity contribution in [1.82, 2.24) is 0 Å². The van der Waals surface area contributed by atoms with Gasteiger partial charge in [0.25, 0.3) is 5.69 Å². The summed E-state index contributed by atoms with van der Waals surface area (Å²) < 4.78 is 13.5. The average Bonchev–Trinajstić information content (AvgIpc) is 2.21. The maximum absolute atomic E-state index is 13.3. The molecular weight excluding hydrogens is 303 g/mol. The first-order valence-electron chi connectivity index (χ1n) is 5.53. The van der Waals surface area contributed by atoms with Crippen LogP contribution in [0.5, 0.6) is 0 Å². The molecule has 0 spiro atoms. The van der Waals surface area contributed by atoms with Crippen LogP contribution in [0.3, 0.4) is 0 Å². The van der Waals surface area contributed by atoms with Crippen molar-refractivity contribution in [2.24, 2.45) is 5.41 Å². The summed E-state index contributed by atoms with van der Waals surface area (Å²) >= 11 is 3.03. The summed E-state index contributed by atoms with van der Waals surface area (Å²) in [7, 11) is 0. The Morgan fingerprint density at radius 2 is 2.00 bits per heavy atom. The molecule has 1 N–H and O–H groups in total. The van der Waals surface area contributed by atoms with E-state index in [1.54, 1.807) is 0 Å². The lowest BCUT2D eigenvalue weighted by molar-refractivity contribution is -0.384. The number of nitro benzene ring substituents is 1. The maximum atomic E-state index is 13.3. The summed E-state index contributed by atoms with van der Waals surface area (Å²) in [5.41, 5.74) is -0.00291. The first kappa shape index (κ1) is 14.9. The minimum absolute atomic E-state index is 0.00793. The van der Waals surface area contributed by atoms with E-state index in [4.69, 9.17) is 0 Å². The van der Waals surface area contributed by atoms with Crippen LogP contribution in [-0.2, 0) is 0 Å². The predicted molar refractivity (Wildman–Crippen MR) is 73.3 cm³/mol. The minimum Gasteiger partial charge on any atom is -0.376 e. The molecule has 0 bridgehead atoms. The van der Waals surface area contributed by atoms with E-state index in [2.05, 4.69) is 21.2 Å². The summed E-state index contributed by atoms with van der Waals surface area (Å²) in [6.45, 7) is 8.00. The quantitative estimate of drug-likeness (QED) is 0.666. The van der Waals surface area contributed by atoms with Crippen molar-refractivity contribution in [3.05, 3.63) is 32.5 Å². The molecule has 0 radical (unpaired) electrons. The molecule has 0 saturated heterocycles. The van der Waals surface area contributed by atoms with Crippen LogP contribution in [0, 0.1) is 21.3 Å². The number of anilines is 1. The number of benzene rings is 1. The zero-order chi connectivity index (χ0) is 14.1. The first-order valence-corrected chi connectivity index (χ1v) is 6.32. The van der Waals surface area contributed by atoms with Crippen molar-refractivity contribution in [2.45, 2.75) is 33.7 Å². The molecule has 0 fully saturated rings. The van der Waals surface area contributed by atoms with Crippen LogP contribution < -0.4 is 5.32 Å². The molecule has 0 saturated carbocycles. The van der Waals surface area contributed by atoms with Crippen molar-refractivity contribution < 1.29 is 9.31 Å². The molecule has 0 aliphatic rings. The molecule has 0 aliphatic heterocycles. The third-order valence-electron chi connectivity index (χ3n) is 2.91. The van der Waals surface area contributed by atoms with Crippen LogP contribution in [0.2, 0.25) is 0 Å². The van der Waals surface area contributed by atoms with E-state index in [9.17, 15) is 14.5 Å². The molecule has 0 aliphatic carbocycles. The Morgan fingerprint density at radius 3 is 2.44 bits per heavy atom. The third kappa shape index (κ3) is 3.41. The lowest BCUT2D eigenvalue weighted by Crippen LogP contribution is -2.31. The van der Waals surface area contributed by atoms with Gasteiger partial charge in [-0.15, -0.1) is 0 Å². The van der Waals surface area contributed by atoms with Gasteiger partial charge in [0.15, 0.2) is 0 Å². The summed E-state index contributed by atoms with van der Waals surface area (Å²) in [4.78, 5) is 10.3. The third-order valence-corrected chi connectivity index (χ3v) is 3.51. The van der Waals surface area contributed by atoms with Crippen molar-refractivity contribution >= 4 is 27.3 Å². The molecule has 100 valence electrons. The second-order valence-electron chi connectivity index (χ2n) is 5.27. The van der Waals surface area contributed by atoms with Gasteiger partial charge in [-0.3, -0.25) is 10.1 Å². The van der Waals surface area contributed by atoms with Crippen LogP contribution in [-0.4, -0.2) is 11.0 Å². The molecule has 1 rings (SSSR count). The topological polar surface area (TPSA) is 55.2 Å². The largest absolute Gasteiger partial charge is 0.376 e. The Bertz CT molecular complexity index is 472. The highest BCUT2D eigenvalue weighted by Gasteiger charge is 2.24. The summed E-state index contributed by atoms with van der Waals surface area (Å²) in [5, 5.41) is 14.0. The van der Waals surface area contributed by atoms with Gasteiger partial charge in [0, 0.05) is 6.04 Å². The lowest BCUT2D eigenvalue weighted by Gasteiger charge is -2.28. The number of hydrogen-bond donors (Lipinski definition) is 1. The first-order chi connectivity index (χ1) is 8.12. The van der Waals surface area contributed by atoms with Crippen molar-refractivity contribution in [3.8, 4) is 0 Å². The van der Waals surface area contributed by atoms with E-state index >= 15 is 0 Å². The molecule has 0 amide bonds. The van der Waals surface area contributed by atoms with E-state index in [1.807, 2.05) is 27.7 Å². The highest BCUT2D eigenvalue weighted by atomic mass is 79.9. The fraction of sp³-hybridized carbons (Fsp3) is 0.500. The molecule has 18 heavy (non-hydrogen) atoms. The van der Waals surface area contributed by atoms with E-state index < -0.39 is 10.7 Å². The zero-order valence-corrected chi connectivity index (χ0v) is 12.3. The van der Waals surface area contributed by atoms with Crippen LogP contribution >= 0.6 is 15.9 Å². The zero-order valence-electron chi connectivity index (χ0n) is 10.8. The van der Waals surface area contributed by atoms with E-state index in [0.717, 1.165) is 6.07 Å². The van der Waals surface area contributed by atoms with Gasteiger partial charge in [-0.1, -0.05) is 20.8 Å². The standard InChI is InChI=1S/C12H16BrFN2O2/c1-7(12(2,3)4)15-10-5-8(13)9(14)6-11(10)16(17)18/h5-7,15H,1-4H3. The average molecular weight is 319 g/mol. The van der Waals surface area contributed by atoms with Gasteiger partial charge in [0.1, 0.15) is 11.5 Å². The number of rotatable bonds is 3. The van der Waals surface area contributed by atoms with Crippen LogP contribution in [0.25, 0.3) is 0 Å².